The van der Waals surface area contributed by atoms with Gasteiger partial charge in [0.1, 0.15) is 22.8 Å². The first-order chi connectivity index (χ1) is 30.6. The summed E-state index contributed by atoms with van der Waals surface area (Å²) in [5.74, 6) is -0.134. The van der Waals surface area contributed by atoms with E-state index >= 15 is 0 Å². The maximum Gasteiger partial charge on any atom is 1.00 e. The summed E-state index contributed by atoms with van der Waals surface area (Å²) >= 11 is 3.31. The van der Waals surface area contributed by atoms with Crippen molar-refractivity contribution in [1.29, 1.82) is 0 Å². The van der Waals surface area contributed by atoms with Crippen molar-refractivity contribution in [3.8, 4) is 0 Å². The van der Waals surface area contributed by atoms with Crippen molar-refractivity contribution in [2.45, 2.75) is 72.5 Å². The summed E-state index contributed by atoms with van der Waals surface area (Å²) in [7, 11) is 2.88. The molecule has 2 fully saturated rings. The normalized spacial score (nSPS) is 13.5. The number of amides is 3. The Morgan fingerprint density at radius 1 is 0.652 bits per heavy atom. The first-order valence-corrected chi connectivity index (χ1v) is 21.9. The van der Waals surface area contributed by atoms with Gasteiger partial charge >= 0.3 is 31.0 Å². The van der Waals surface area contributed by atoms with Crippen LogP contribution in [-0.4, -0.2) is 136 Å². The van der Waals surface area contributed by atoms with Gasteiger partial charge in [-0.1, -0.05) is 13.3 Å². The number of ether oxygens (including phenoxy) is 2. The minimum Gasteiger partial charge on any atom is -0.444 e. The maximum absolute atomic E-state index is 13.0. The molecule has 0 atom stereocenters. The molecule has 3 amide bonds. The zero-order valence-corrected chi connectivity index (χ0v) is 41.3. The molecule has 4 heterocycles. The van der Waals surface area contributed by atoms with Crippen LogP contribution in [0, 0.1) is 18.6 Å². The average Bonchev–Trinajstić information content (AvgIpc) is 3.28. The Hall–Kier alpha value is -5.22. The fourth-order valence-electron chi connectivity index (χ4n) is 5.53. The van der Waals surface area contributed by atoms with E-state index in [2.05, 4.69) is 59.5 Å². The van der Waals surface area contributed by atoms with E-state index in [9.17, 15) is 28.0 Å². The van der Waals surface area contributed by atoms with E-state index in [1.807, 2.05) is 46.4 Å². The Kier molecular flexibility index (Phi) is 23.6. The molecule has 0 spiro atoms. The third-order valence-electron chi connectivity index (χ3n) is 9.05. The minimum atomic E-state index is -0.524. The van der Waals surface area contributed by atoms with Crippen LogP contribution in [0.3, 0.4) is 0 Å². The van der Waals surface area contributed by atoms with Gasteiger partial charge in [0.25, 0.3) is 5.91 Å². The number of piperazine rings is 2. The molecule has 354 valence electrons. The second-order valence-corrected chi connectivity index (χ2v) is 17.5. The molecule has 0 unspecified atom stereocenters. The number of hydrogen-bond acceptors (Lipinski definition) is 13. The summed E-state index contributed by atoms with van der Waals surface area (Å²) < 4.78 is 37.1. The van der Waals surface area contributed by atoms with E-state index < -0.39 is 17.0 Å². The quantitative estimate of drug-likeness (QED) is 0.102. The van der Waals surface area contributed by atoms with Gasteiger partial charge in [0.15, 0.2) is 5.78 Å². The van der Waals surface area contributed by atoms with Gasteiger partial charge in [-0.2, -0.15) is 6.42 Å². The second kappa shape index (κ2) is 27.4. The Bertz CT molecular complexity index is 2090. The minimum absolute atomic E-state index is 0. The molecule has 2 aromatic heterocycles. The number of unbranched alkanes of at least 4 members (excludes halogenated alkanes) is 1. The standard InChI is InChI=1S/C20H23FN4O3.C13H19BrN4O2.C9H10FNO2.C4H9.Li/c1-20(2,3)28-19(27)25-10-8-24(9-11-25)18-22-12-15(13-23-18)17(26)14-4-6-16(21)7-5-14;1-13(2,3)20-12(19)18-6-4-17(5-7-18)11-15-8-10(14)9-16-11;1-11(13-2)9(12)7-3-5-8(10)6-4-7;1-3-4-2;/h4-7,12-13H,8-11H2,1-3H3;8-9H,4-7H2,1-3H3;3-6H,1-2H3;1,3-4H2,2H3;/q;;;-1;+1. The van der Waals surface area contributed by atoms with Gasteiger partial charge in [-0.15, -0.1) is 0 Å². The van der Waals surface area contributed by atoms with Crippen molar-refractivity contribution in [2.75, 3.05) is 76.3 Å². The van der Waals surface area contributed by atoms with E-state index in [1.54, 1.807) is 22.2 Å². The Labute approximate surface area is 407 Å². The predicted molar refractivity (Wildman–Crippen MR) is 247 cm³/mol. The number of carbonyl (C=O) groups is 4. The first-order valence-electron chi connectivity index (χ1n) is 21.1. The van der Waals surface area contributed by atoms with Gasteiger partial charge in [-0.05, 0) is 106 Å². The summed E-state index contributed by atoms with van der Waals surface area (Å²) in [6.07, 6.45) is 8.08. The number of hydrogen-bond donors (Lipinski definition) is 0. The number of halogens is 3. The average molecular weight is 977 g/mol. The summed E-state index contributed by atoms with van der Waals surface area (Å²) in [5.41, 5.74) is 0.130. The van der Waals surface area contributed by atoms with Gasteiger partial charge in [0.05, 0.1) is 17.1 Å². The Morgan fingerprint density at radius 3 is 1.33 bits per heavy atom. The molecule has 2 aromatic carbocycles. The monoisotopic (exact) mass is 975 g/mol. The zero-order valence-electron chi connectivity index (χ0n) is 39.7. The third kappa shape index (κ3) is 19.7. The molecule has 2 saturated heterocycles. The van der Waals surface area contributed by atoms with Crippen molar-refractivity contribution < 1.29 is 61.1 Å². The van der Waals surface area contributed by atoms with Crippen molar-refractivity contribution in [3.05, 3.63) is 113 Å². The molecule has 6 rings (SSSR count). The van der Waals surface area contributed by atoms with Crippen molar-refractivity contribution >= 4 is 51.7 Å². The molecule has 16 nitrogen and oxygen atoms in total. The molecule has 0 bridgehead atoms. The Balaban J connectivity index is 0.000000344. The number of carbonyl (C=O) groups excluding carboxylic acids is 4. The van der Waals surface area contributed by atoms with Crippen molar-refractivity contribution in [3.63, 3.8) is 0 Å². The number of hydroxylamine groups is 2. The van der Waals surface area contributed by atoms with Crippen LogP contribution in [0.4, 0.5) is 30.3 Å². The van der Waals surface area contributed by atoms with Crippen LogP contribution in [0.25, 0.3) is 0 Å². The number of ketones is 1. The van der Waals surface area contributed by atoms with E-state index in [0.717, 1.165) is 16.0 Å². The van der Waals surface area contributed by atoms with Crippen LogP contribution in [0.5, 0.6) is 0 Å². The number of rotatable bonds is 7. The smallest absolute Gasteiger partial charge is 0.444 e. The Morgan fingerprint density at radius 2 is 1.00 bits per heavy atom. The van der Waals surface area contributed by atoms with Gasteiger partial charge in [-0.3, -0.25) is 14.4 Å². The SMILES string of the molecule is CC(C)(C)OC(=O)N1CCN(c2ncc(Br)cn2)CC1.CC(C)(C)OC(=O)N1CCN(c2ncc(C(=O)c3ccc(F)cc3)cn2)CC1.CON(C)C(=O)c1ccc(F)cc1.[CH2-]CCC.[Li+]. The number of nitrogens with zero attached hydrogens (tertiary/aromatic N) is 9. The summed E-state index contributed by atoms with van der Waals surface area (Å²) in [6, 6.07) is 10.6. The van der Waals surface area contributed by atoms with Crippen LogP contribution in [0.15, 0.2) is 77.8 Å². The molecule has 20 heteroatoms. The number of anilines is 2. The fourth-order valence-corrected chi connectivity index (χ4v) is 5.73. The van der Waals surface area contributed by atoms with Crippen LogP contribution in [-0.2, 0) is 14.3 Å². The molecule has 0 aliphatic carbocycles. The van der Waals surface area contributed by atoms with E-state index in [-0.39, 0.29) is 48.6 Å². The fraction of sp³-hybridized carbons (Fsp3) is 0.457. The van der Waals surface area contributed by atoms with E-state index in [1.165, 1.54) is 81.5 Å². The molecule has 4 aromatic rings. The molecule has 2 aliphatic heterocycles. The molecule has 0 saturated carbocycles. The van der Waals surface area contributed by atoms with E-state index in [4.69, 9.17) is 9.47 Å². The molecule has 0 radical (unpaired) electrons. The summed E-state index contributed by atoms with van der Waals surface area (Å²) in [4.78, 5) is 77.0. The summed E-state index contributed by atoms with van der Waals surface area (Å²) in [5, 5.41) is 1.08. The first kappa shape index (κ1) is 56.9. The van der Waals surface area contributed by atoms with Crippen LogP contribution in [0.1, 0.15) is 87.6 Å². The molecule has 2 aliphatic rings. The second-order valence-electron chi connectivity index (χ2n) is 16.6. The predicted octanol–water partition coefficient (Wildman–Crippen LogP) is 5.28. The van der Waals surface area contributed by atoms with Crippen LogP contribution in [0.2, 0.25) is 0 Å². The van der Waals surface area contributed by atoms with E-state index in [0.29, 0.717) is 80.9 Å². The van der Waals surface area contributed by atoms with Gasteiger partial charge in [0.2, 0.25) is 11.9 Å². The zero-order chi connectivity index (χ0) is 48.3. The molecule has 66 heavy (non-hydrogen) atoms. The maximum atomic E-state index is 13.0. The van der Waals surface area contributed by atoms with Crippen LogP contribution < -0.4 is 28.7 Å². The van der Waals surface area contributed by atoms with Crippen LogP contribution >= 0.6 is 15.9 Å². The van der Waals surface area contributed by atoms with Crippen molar-refractivity contribution in [1.82, 2.24) is 34.8 Å². The largest absolute Gasteiger partial charge is 1.00 e. The molecular formula is C46H61BrF2LiN9O7. The topological polar surface area (TPSA) is 164 Å². The molecule has 0 N–H and O–H groups in total. The van der Waals surface area contributed by atoms with Gasteiger partial charge in [-0.25, -0.2) is 43.4 Å². The van der Waals surface area contributed by atoms with Gasteiger partial charge in [0, 0.05) is 95.3 Å². The van der Waals surface area contributed by atoms with Gasteiger partial charge < -0.3 is 36.0 Å². The third-order valence-corrected chi connectivity index (χ3v) is 9.46. The number of benzene rings is 2. The van der Waals surface area contributed by atoms with Crippen molar-refractivity contribution in [2.24, 2.45) is 0 Å². The molecular weight excluding hydrogens is 915 g/mol. The summed E-state index contributed by atoms with van der Waals surface area (Å²) in [6.45, 7) is 21.7. The number of aromatic nitrogens is 4.